The molecule has 0 amide bonds. The van der Waals surface area contributed by atoms with Crippen molar-refractivity contribution in [3.8, 4) is 0 Å². The minimum absolute atomic E-state index is 0.00271. The van der Waals surface area contributed by atoms with Crippen molar-refractivity contribution < 1.29 is 38.1 Å². The van der Waals surface area contributed by atoms with Gasteiger partial charge in [0.25, 0.3) is 0 Å². The number of hydrogen-bond acceptors (Lipinski definition) is 11. The Balaban J connectivity index is 1.84. The van der Waals surface area contributed by atoms with Crippen LogP contribution in [0.25, 0.3) is 0 Å². The average Bonchev–Trinajstić information content (AvgIpc) is 2.96. The molecule has 0 saturated carbocycles. The highest BCUT2D eigenvalue weighted by molar-refractivity contribution is 9.11. The van der Waals surface area contributed by atoms with E-state index in [-0.39, 0.29) is 51.2 Å². The van der Waals surface area contributed by atoms with Crippen molar-refractivity contribution in [3.63, 3.8) is 0 Å². The Morgan fingerprint density at radius 2 is 0.911 bits per heavy atom. The van der Waals surface area contributed by atoms with Gasteiger partial charge in [-0.15, -0.1) is 23.5 Å². The zero-order chi connectivity index (χ0) is 33.5. The van der Waals surface area contributed by atoms with E-state index in [0.717, 1.165) is 37.5 Å². The molecule has 0 heterocycles. The highest BCUT2D eigenvalue weighted by Gasteiger charge is 2.16. The fourth-order valence-electron chi connectivity index (χ4n) is 3.01. The quantitative estimate of drug-likeness (QED) is 0.0470. The van der Waals surface area contributed by atoms with Crippen molar-refractivity contribution in [2.24, 2.45) is 0 Å². The van der Waals surface area contributed by atoms with Crippen LogP contribution in [-0.4, -0.2) is 61.8 Å². The Morgan fingerprint density at radius 1 is 0.600 bits per heavy atom. The van der Waals surface area contributed by atoms with Crippen molar-refractivity contribution >= 4 is 123 Å². The molecule has 0 unspecified atom stereocenters. The highest BCUT2D eigenvalue weighted by atomic mass is 79.9. The Labute approximate surface area is 309 Å². The monoisotopic (exact) mass is 930 g/mol. The summed E-state index contributed by atoms with van der Waals surface area (Å²) in [5, 5.41) is 0. The van der Waals surface area contributed by atoms with E-state index < -0.39 is 11.9 Å². The van der Waals surface area contributed by atoms with Crippen molar-refractivity contribution in [3.05, 3.63) is 66.5 Å². The molecule has 244 valence electrons. The Morgan fingerprint density at radius 3 is 1.22 bits per heavy atom. The molecule has 8 nitrogen and oxygen atoms in total. The van der Waals surface area contributed by atoms with Crippen LogP contribution in [0.15, 0.2) is 86.0 Å². The highest BCUT2D eigenvalue weighted by Crippen LogP contribution is 2.47. The van der Waals surface area contributed by atoms with E-state index in [4.69, 9.17) is 18.9 Å². The predicted molar refractivity (Wildman–Crippen MR) is 192 cm³/mol. The van der Waals surface area contributed by atoms with E-state index in [1.54, 1.807) is 25.6 Å². The zero-order valence-corrected chi connectivity index (χ0v) is 33.2. The molecular formula is C30H30Br4O8S3. The number of rotatable bonds is 18. The van der Waals surface area contributed by atoms with Gasteiger partial charge in [-0.1, -0.05) is 24.9 Å². The number of benzene rings is 2. The summed E-state index contributed by atoms with van der Waals surface area (Å²) in [4.78, 5) is 50.6. The lowest BCUT2D eigenvalue weighted by Gasteiger charge is -2.14. The summed E-state index contributed by atoms with van der Waals surface area (Å²) in [7, 11) is 0. The third-order valence-corrected chi connectivity index (χ3v) is 11.9. The summed E-state index contributed by atoms with van der Waals surface area (Å²) < 4.78 is 23.6. The van der Waals surface area contributed by atoms with Crippen LogP contribution in [0.5, 0.6) is 0 Å². The van der Waals surface area contributed by atoms with Gasteiger partial charge in [0.15, 0.2) is 0 Å². The molecule has 0 fully saturated rings. The zero-order valence-electron chi connectivity index (χ0n) is 24.4. The first-order valence-corrected chi connectivity index (χ1v) is 19.1. The molecule has 0 atom stereocenters. The van der Waals surface area contributed by atoms with Crippen LogP contribution in [0.4, 0.5) is 0 Å². The van der Waals surface area contributed by atoms with Gasteiger partial charge >= 0.3 is 23.9 Å². The number of esters is 4. The largest absolute Gasteiger partial charge is 0.462 e. The summed E-state index contributed by atoms with van der Waals surface area (Å²) >= 11 is 19.3. The molecule has 0 N–H and O–H groups in total. The first kappa shape index (κ1) is 39.9. The molecule has 0 bridgehead atoms. The third kappa shape index (κ3) is 15.0. The van der Waals surface area contributed by atoms with E-state index in [1.807, 2.05) is 24.3 Å². The Bertz CT molecular complexity index is 1280. The van der Waals surface area contributed by atoms with E-state index in [0.29, 0.717) is 22.7 Å². The van der Waals surface area contributed by atoms with Crippen LogP contribution in [0, 0.1) is 0 Å². The number of hydrogen-bond donors (Lipinski definition) is 0. The topological polar surface area (TPSA) is 105 Å². The standard InChI is InChI=1S/C30H30Br4O8S3/c1-17(2)29(37)41-9-7-39-25(35)5-11-43-19-13-21(31)27(22(32)14-19)45-28-23(33)15-20(16-24(28)34)44-12-6-26(36)40-8-10-42-30(38)18(3)4/h13-16H,1,3,5-12H2,2,4H3. The van der Waals surface area contributed by atoms with E-state index in [9.17, 15) is 19.2 Å². The van der Waals surface area contributed by atoms with Gasteiger partial charge in [0.1, 0.15) is 26.4 Å². The lowest BCUT2D eigenvalue weighted by atomic mass is 10.3. The van der Waals surface area contributed by atoms with Gasteiger partial charge in [0.2, 0.25) is 0 Å². The number of carbonyl (C=O) groups is 4. The van der Waals surface area contributed by atoms with Crippen LogP contribution in [-0.2, 0) is 38.1 Å². The molecule has 0 aromatic heterocycles. The number of thioether (sulfide) groups is 2. The van der Waals surface area contributed by atoms with Crippen LogP contribution in [0.3, 0.4) is 0 Å². The van der Waals surface area contributed by atoms with Gasteiger partial charge in [0, 0.05) is 60.1 Å². The molecule has 0 radical (unpaired) electrons. The number of halogens is 4. The molecular weight excluding hydrogens is 904 g/mol. The fourth-order valence-corrected chi connectivity index (χ4v) is 9.61. The van der Waals surface area contributed by atoms with Crippen molar-refractivity contribution in [2.75, 3.05) is 37.9 Å². The second kappa shape index (κ2) is 20.9. The number of carbonyl (C=O) groups excluding carboxylic acids is 4. The summed E-state index contributed by atoms with van der Waals surface area (Å²) in [5.41, 5.74) is 0.584. The second-order valence-corrected chi connectivity index (χ2v) is 15.8. The molecule has 0 saturated heterocycles. The smallest absolute Gasteiger partial charge is 0.333 e. The van der Waals surface area contributed by atoms with E-state index in [1.165, 1.54) is 23.5 Å². The first-order valence-electron chi connectivity index (χ1n) is 13.2. The maximum absolute atomic E-state index is 12.0. The molecule has 2 rings (SSSR count). The normalized spacial score (nSPS) is 10.6. The summed E-state index contributed by atoms with van der Waals surface area (Å²) in [6.45, 7) is 10.1. The molecule has 0 aliphatic rings. The summed E-state index contributed by atoms with van der Waals surface area (Å²) in [6, 6.07) is 7.98. The van der Waals surface area contributed by atoms with Crippen molar-refractivity contribution in [1.29, 1.82) is 0 Å². The molecule has 2 aromatic carbocycles. The minimum Gasteiger partial charge on any atom is -0.462 e. The van der Waals surface area contributed by atoms with Gasteiger partial charge in [-0.3, -0.25) is 9.59 Å². The predicted octanol–water partition coefficient (Wildman–Crippen LogP) is 9.18. The van der Waals surface area contributed by atoms with Crippen LogP contribution < -0.4 is 0 Å². The lowest BCUT2D eigenvalue weighted by molar-refractivity contribution is -0.149. The maximum atomic E-state index is 12.0. The SMILES string of the molecule is C=C(C)C(=O)OCCOC(=O)CCSc1cc(Br)c(Sc2c(Br)cc(SCCC(=O)OCCOC(=O)C(=C)C)cc2Br)c(Br)c1. The van der Waals surface area contributed by atoms with Gasteiger partial charge in [-0.05, 0) is 102 Å². The lowest BCUT2D eigenvalue weighted by Crippen LogP contribution is -2.14. The average molecular weight is 934 g/mol. The second-order valence-electron chi connectivity index (χ2n) is 9.00. The summed E-state index contributed by atoms with van der Waals surface area (Å²) in [5.74, 6) is -0.713. The van der Waals surface area contributed by atoms with Gasteiger partial charge in [-0.2, -0.15) is 0 Å². The van der Waals surface area contributed by atoms with Gasteiger partial charge in [0.05, 0.1) is 12.8 Å². The van der Waals surface area contributed by atoms with E-state index in [2.05, 4.69) is 76.9 Å². The van der Waals surface area contributed by atoms with Crippen molar-refractivity contribution in [1.82, 2.24) is 0 Å². The van der Waals surface area contributed by atoms with E-state index >= 15 is 0 Å². The fraction of sp³-hybridized carbons (Fsp3) is 0.333. The molecule has 15 heteroatoms. The Kier molecular flexibility index (Phi) is 18.5. The van der Waals surface area contributed by atoms with Crippen LogP contribution >= 0.6 is 99.0 Å². The van der Waals surface area contributed by atoms with Crippen LogP contribution in [0.1, 0.15) is 26.7 Å². The molecule has 2 aromatic rings. The maximum Gasteiger partial charge on any atom is 0.333 e. The molecule has 0 spiro atoms. The first-order chi connectivity index (χ1) is 21.3. The van der Waals surface area contributed by atoms with Crippen LogP contribution in [0.2, 0.25) is 0 Å². The third-order valence-electron chi connectivity index (χ3n) is 5.15. The summed E-state index contributed by atoms with van der Waals surface area (Å²) in [6.07, 6.45) is 0.423. The van der Waals surface area contributed by atoms with Crippen molar-refractivity contribution in [2.45, 2.75) is 46.3 Å². The van der Waals surface area contributed by atoms with Gasteiger partial charge in [-0.25, -0.2) is 9.59 Å². The number of ether oxygens (including phenoxy) is 4. The molecule has 45 heavy (non-hydrogen) atoms. The Hall–Kier alpha value is -1.23. The minimum atomic E-state index is -0.513. The molecule has 0 aliphatic carbocycles. The molecule has 0 aliphatic heterocycles. The van der Waals surface area contributed by atoms with Gasteiger partial charge < -0.3 is 18.9 Å².